The molecule has 5 heteroatoms. The first-order valence-corrected chi connectivity index (χ1v) is 4.68. The molecule has 0 aromatic rings. The van der Waals surface area contributed by atoms with Crippen molar-refractivity contribution in [1.82, 2.24) is 4.90 Å². The average molecular weight is 201 g/mol. The molecule has 14 heavy (non-hydrogen) atoms. The van der Waals surface area contributed by atoms with Gasteiger partial charge in [-0.15, -0.1) is 0 Å². The van der Waals surface area contributed by atoms with Crippen LogP contribution in [0.25, 0.3) is 0 Å². The summed E-state index contributed by atoms with van der Waals surface area (Å²) in [6.07, 6.45) is 2.70. The van der Waals surface area contributed by atoms with Crippen molar-refractivity contribution in [3.8, 4) is 0 Å². The van der Waals surface area contributed by atoms with Gasteiger partial charge in [-0.1, -0.05) is 6.42 Å². The Balaban J connectivity index is 2.56. The van der Waals surface area contributed by atoms with Crippen molar-refractivity contribution in [3.05, 3.63) is 0 Å². The first-order chi connectivity index (χ1) is 6.57. The van der Waals surface area contributed by atoms with Crippen LogP contribution in [0, 0.1) is 5.92 Å². The predicted octanol–water partition coefficient (Wildman–Crippen LogP) is -0.310. The van der Waals surface area contributed by atoms with Gasteiger partial charge in [-0.05, 0) is 12.8 Å². The molecule has 0 spiro atoms. The third-order valence-electron chi connectivity index (χ3n) is 2.73. The highest BCUT2D eigenvalue weighted by molar-refractivity contribution is 5.85. The number of carboxylic acid groups (broad SMARTS) is 1. The molecule has 0 heterocycles. The zero-order valence-corrected chi connectivity index (χ0v) is 8.14. The van der Waals surface area contributed by atoms with Crippen LogP contribution in [0.15, 0.2) is 0 Å². The molecule has 1 aliphatic rings. The lowest BCUT2D eigenvalue weighted by Crippen LogP contribution is -2.48. The second-order valence-corrected chi connectivity index (χ2v) is 3.61. The maximum absolute atomic E-state index is 11.6. The number of carbonyl (C=O) groups is 2. The second kappa shape index (κ2) is 4.41. The van der Waals surface area contributed by atoms with E-state index >= 15 is 0 Å². The summed E-state index contributed by atoms with van der Waals surface area (Å²) in [7, 11) is 1.43. The number of amides is 1. The molecular formula is C9H15NO4. The molecule has 0 aromatic heterocycles. The summed E-state index contributed by atoms with van der Waals surface area (Å²) < 4.78 is 0. The number of aliphatic hydroxyl groups excluding tert-OH is 1. The minimum absolute atomic E-state index is 0.0339. The Morgan fingerprint density at radius 1 is 1.50 bits per heavy atom. The third kappa shape index (κ3) is 2.04. The van der Waals surface area contributed by atoms with Gasteiger partial charge in [0.25, 0.3) is 0 Å². The van der Waals surface area contributed by atoms with Crippen molar-refractivity contribution in [3.63, 3.8) is 0 Å². The van der Waals surface area contributed by atoms with Gasteiger partial charge in [0.2, 0.25) is 5.91 Å². The lowest BCUT2D eigenvalue weighted by Gasteiger charge is -2.31. The molecule has 1 rings (SSSR count). The van der Waals surface area contributed by atoms with Crippen LogP contribution in [0.1, 0.15) is 19.3 Å². The van der Waals surface area contributed by atoms with Crippen LogP contribution in [-0.2, 0) is 9.59 Å². The van der Waals surface area contributed by atoms with Crippen LogP contribution < -0.4 is 0 Å². The summed E-state index contributed by atoms with van der Waals surface area (Å²) in [4.78, 5) is 23.4. The van der Waals surface area contributed by atoms with Gasteiger partial charge >= 0.3 is 5.97 Å². The Morgan fingerprint density at radius 2 is 2.07 bits per heavy atom. The van der Waals surface area contributed by atoms with Crippen LogP contribution in [0.4, 0.5) is 0 Å². The standard InChI is InChI=1S/C9H15NO4/c1-10(7(5-11)9(13)14)8(12)6-3-2-4-6/h6-7,11H,2-5H2,1H3,(H,13,14). The maximum Gasteiger partial charge on any atom is 0.328 e. The van der Waals surface area contributed by atoms with Crippen molar-refractivity contribution in [2.45, 2.75) is 25.3 Å². The van der Waals surface area contributed by atoms with Gasteiger partial charge in [0, 0.05) is 13.0 Å². The number of hydrogen-bond acceptors (Lipinski definition) is 3. The molecule has 0 aliphatic heterocycles. The van der Waals surface area contributed by atoms with Crippen molar-refractivity contribution < 1.29 is 19.8 Å². The predicted molar refractivity (Wildman–Crippen MR) is 48.6 cm³/mol. The number of likely N-dealkylation sites (N-methyl/N-ethyl adjacent to an activating group) is 1. The van der Waals surface area contributed by atoms with E-state index in [0.29, 0.717) is 0 Å². The maximum atomic E-state index is 11.6. The fourth-order valence-electron chi connectivity index (χ4n) is 1.46. The molecule has 1 unspecified atom stereocenters. The molecule has 2 N–H and O–H groups in total. The molecule has 5 nitrogen and oxygen atoms in total. The Kier molecular flexibility index (Phi) is 3.46. The minimum Gasteiger partial charge on any atom is -0.480 e. The molecule has 1 atom stereocenters. The van der Waals surface area contributed by atoms with Crippen molar-refractivity contribution in [1.29, 1.82) is 0 Å². The van der Waals surface area contributed by atoms with Crippen molar-refractivity contribution >= 4 is 11.9 Å². The molecular weight excluding hydrogens is 186 g/mol. The lowest BCUT2D eigenvalue weighted by atomic mass is 9.84. The van der Waals surface area contributed by atoms with E-state index in [1.807, 2.05) is 0 Å². The van der Waals surface area contributed by atoms with Crippen molar-refractivity contribution in [2.24, 2.45) is 5.92 Å². The number of aliphatic hydroxyl groups is 1. The fourth-order valence-corrected chi connectivity index (χ4v) is 1.46. The number of aliphatic carboxylic acids is 1. The Morgan fingerprint density at radius 3 is 2.36 bits per heavy atom. The molecule has 80 valence electrons. The van der Waals surface area contributed by atoms with Crippen LogP contribution >= 0.6 is 0 Å². The smallest absolute Gasteiger partial charge is 0.328 e. The monoisotopic (exact) mass is 201 g/mol. The van der Waals surface area contributed by atoms with Gasteiger partial charge in [-0.25, -0.2) is 4.79 Å². The molecule has 1 fully saturated rings. The zero-order valence-electron chi connectivity index (χ0n) is 8.14. The van der Waals surface area contributed by atoms with Gasteiger partial charge in [-0.2, -0.15) is 0 Å². The van der Waals surface area contributed by atoms with E-state index in [4.69, 9.17) is 10.2 Å². The summed E-state index contributed by atoms with van der Waals surface area (Å²) in [5, 5.41) is 17.5. The van der Waals surface area contributed by atoms with E-state index in [0.717, 1.165) is 24.2 Å². The molecule has 1 aliphatic carbocycles. The summed E-state index contributed by atoms with van der Waals surface area (Å²) >= 11 is 0. The van der Waals surface area contributed by atoms with Gasteiger partial charge in [0.05, 0.1) is 6.61 Å². The van der Waals surface area contributed by atoms with Crippen LogP contribution in [0.3, 0.4) is 0 Å². The van der Waals surface area contributed by atoms with Gasteiger partial charge < -0.3 is 15.1 Å². The van der Waals surface area contributed by atoms with E-state index < -0.39 is 18.6 Å². The van der Waals surface area contributed by atoms with E-state index in [1.54, 1.807) is 0 Å². The number of carboxylic acids is 1. The van der Waals surface area contributed by atoms with Gasteiger partial charge in [-0.3, -0.25) is 4.79 Å². The third-order valence-corrected chi connectivity index (χ3v) is 2.73. The molecule has 0 bridgehead atoms. The van der Waals surface area contributed by atoms with E-state index in [9.17, 15) is 9.59 Å². The summed E-state index contributed by atoms with van der Waals surface area (Å²) in [5.74, 6) is -1.37. The Bertz CT molecular complexity index is 237. The quantitative estimate of drug-likeness (QED) is 0.654. The first kappa shape index (κ1) is 11.0. The minimum atomic E-state index is -1.16. The Hall–Kier alpha value is -1.10. The highest BCUT2D eigenvalue weighted by atomic mass is 16.4. The van der Waals surface area contributed by atoms with E-state index in [-0.39, 0.29) is 11.8 Å². The largest absolute Gasteiger partial charge is 0.480 e. The normalized spacial score (nSPS) is 18.4. The SMILES string of the molecule is CN(C(=O)C1CCC1)C(CO)C(=O)O. The number of hydrogen-bond donors (Lipinski definition) is 2. The number of nitrogens with zero attached hydrogens (tertiary/aromatic N) is 1. The second-order valence-electron chi connectivity index (χ2n) is 3.61. The van der Waals surface area contributed by atoms with Gasteiger partial charge in [0.15, 0.2) is 6.04 Å². The van der Waals surface area contributed by atoms with Crippen LogP contribution in [0.2, 0.25) is 0 Å². The highest BCUT2D eigenvalue weighted by Crippen LogP contribution is 2.28. The van der Waals surface area contributed by atoms with Crippen LogP contribution in [0.5, 0.6) is 0 Å². The summed E-state index contributed by atoms with van der Waals surface area (Å²) in [6, 6.07) is -1.11. The fraction of sp³-hybridized carbons (Fsp3) is 0.778. The van der Waals surface area contributed by atoms with Crippen molar-refractivity contribution in [2.75, 3.05) is 13.7 Å². The Labute approximate surface area is 82.3 Å². The molecule has 0 radical (unpaired) electrons. The lowest BCUT2D eigenvalue weighted by molar-refractivity contribution is -0.153. The average Bonchev–Trinajstić information content (AvgIpc) is 2.01. The molecule has 0 saturated heterocycles. The topological polar surface area (TPSA) is 77.8 Å². The number of carbonyl (C=O) groups excluding carboxylic acids is 1. The zero-order chi connectivity index (χ0) is 10.7. The van der Waals surface area contributed by atoms with Crippen LogP contribution in [-0.4, -0.2) is 46.7 Å². The molecule has 1 amide bonds. The summed E-state index contributed by atoms with van der Waals surface area (Å²) in [6.45, 7) is -0.537. The highest BCUT2D eigenvalue weighted by Gasteiger charge is 2.33. The van der Waals surface area contributed by atoms with E-state index in [1.165, 1.54) is 7.05 Å². The van der Waals surface area contributed by atoms with Gasteiger partial charge in [0.1, 0.15) is 0 Å². The summed E-state index contributed by atoms with van der Waals surface area (Å²) in [5.41, 5.74) is 0. The molecule has 1 saturated carbocycles. The number of rotatable bonds is 4. The first-order valence-electron chi connectivity index (χ1n) is 4.68. The van der Waals surface area contributed by atoms with E-state index in [2.05, 4.69) is 0 Å². The molecule has 0 aromatic carbocycles.